The van der Waals surface area contributed by atoms with Gasteiger partial charge in [-0.15, -0.1) is 0 Å². The first-order valence-electron chi connectivity index (χ1n) is 11.3. The number of nitrogens with one attached hydrogen (secondary N) is 2. The zero-order chi connectivity index (χ0) is 27.0. The van der Waals surface area contributed by atoms with Crippen molar-refractivity contribution >= 4 is 23.5 Å². The largest absolute Gasteiger partial charge is 0.481 e. The average molecular weight is 522 g/mol. The van der Waals surface area contributed by atoms with E-state index in [1.165, 1.54) is 12.1 Å². The maximum Gasteiger partial charge on any atom is 0.313 e. The summed E-state index contributed by atoms with van der Waals surface area (Å²) in [4.78, 5) is 44.6. The molecule has 0 bridgehead atoms. The Morgan fingerprint density at radius 1 is 1.00 bits per heavy atom. The summed E-state index contributed by atoms with van der Waals surface area (Å²) in [6.45, 7) is 3.59. The molecule has 2 atom stereocenters. The number of hydrogen-bond acceptors (Lipinski definition) is 10. The summed E-state index contributed by atoms with van der Waals surface area (Å²) in [5, 5.41) is 18.4. The van der Waals surface area contributed by atoms with Crippen LogP contribution in [0, 0.1) is 25.7 Å². The molecule has 0 aliphatic heterocycles. The van der Waals surface area contributed by atoms with Gasteiger partial charge >= 0.3 is 5.97 Å². The molecule has 0 spiro atoms. The number of pyridine rings is 1. The predicted octanol–water partition coefficient (Wildman–Crippen LogP) is 3.12. The first-order valence-corrected chi connectivity index (χ1v) is 11.3. The van der Waals surface area contributed by atoms with E-state index in [0.717, 1.165) is 0 Å². The molecule has 4 aromatic rings. The lowest BCUT2D eigenvalue weighted by Crippen LogP contribution is -2.19. The highest BCUT2D eigenvalue weighted by Gasteiger charge is 2.76. The Balaban J connectivity index is 1.31. The summed E-state index contributed by atoms with van der Waals surface area (Å²) in [6, 6.07) is 4.73. The van der Waals surface area contributed by atoms with Crippen LogP contribution in [0.25, 0.3) is 22.8 Å². The van der Waals surface area contributed by atoms with E-state index in [1.807, 2.05) is 0 Å². The van der Waals surface area contributed by atoms with E-state index in [9.17, 15) is 18.4 Å². The molecule has 38 heavy (non-hydrogen) atoms. The van der Waals surface area contributed by atoms with E-state index in [1.54, 1.807) is 44.7 Å². The number of aryl methyl sites for hydroxylation is 2. The minimum absolute atomic E-state index is 0.177. The van der Waals surface area contributed by atoms with Crippen molar-refractivity contribution in [2.45, 2.75) is 26.3 Å². The molecule has 1 aliphatic rings. The Labute approximate surface area is 213 Å². The predicted molar refractivity (Wildman–Crippen MR) is 128 cm³/mol. The normalized spacial score (nSPS) is 17.6. The lowest BCUT2D eigenvalue weighted by molar-refractivity contribution is -0.141. The molecule has 12 nitrogen and oxygen atoms in total. The van der Waals surface area contributed by atoms with Crippen molar-refractivity contribution < 1.29 is 28.0 Å². The van der Waals surface area contributed by atoms with Gasteiger partial charge in [-0.3, -0.25) is 19.6 Å². The van der Waals surface area contributed by atoms with Gasteiger partial charge < -0.3 is 20.3 Å². The Morgan fingerprint density at radius 2 is 1.82 bits per heavy atom. The van der Waals surface area contributed by atoms with Crippen molar-refractivity contribution in [3.8, 4) is 22.8 Å². The first-order chi connectivity index (χ1) is 18.2. The average Bonchev–Trinajstić information content (AvgIpc) is 3.31. The van der Waals surface area contributed by atoms with Gasteiger partial charge in [-0.1, -0.05) is 5.16 Å². The van der Waals surface area contributed by atoms with Crippen LogP contribution in [0.15, 0.2) is 47.5 Å². The van der Waals surface area contributed by atoms with Gasteiger partial charge in [0.2, 0.25) is 11.9 Å². The van der Waals surface area contributed by atoms with Crippen LogP contribution in [0.2, 0.25) is 0 Å². The number of alkyl halides is 2. The second-order valence-electron chi connectivity index (χ2n) is 8.57. The maximum atomic E-state index is 13.7. The van der Waals surface area contributed by atoms with Crippen molar-refractivity contribution in [1.82, 2.24) is 30.1 Å². The molecule has 1 amide bonds. The van der Waals surface area contributed by atoms with Gasteiger partial charge in [-0.05, 0) is 32.0 Å². The zero-order valence-electron chi connectivity index (χ0n) is 20.0. The van der Waals surface area contributed by atoms with E-state index in [-0.39, 0.29) is 12.2 Å². The van der Waals surface area contributed by atoms with Gasteiger partial charge in [0, 0.05) is 30.7 Å². The van der Waals surface area contributed by atoms with E-state index in [0.29, 0.717) is 45.7 Å². The third-order valence-corrected chi connectivity index (χ3v) is 6.07. The summed E-state index contributed by atoms with van der Waals surface area (Å²) in [6.07, 6.45) is 6.32. The van der Waals surface area contributed by atoms with Crippen LogP contribution >= 0.6 is 0 Å². The quantitative estimate of drug-likeness (QED) is 0.311. The number of carboxylic acids is 1. The number of aromatic nitrogens is 6. The minimum Gasteiger partial charge on any atom is -0.481 e. The fraction of sp³-hybridized carbons (Fsp3) is 0.250. The fourth-order valence-electron chi connectivity index (χ4n) is 3.97. The van der Waals surface area contributed by atoms with Crippen LogP contribution in [-0.2, 0) is 16.1 Å². The molecule has 1 saturated carbocycles. The van der Waals surface area contributed by atoms with Crippen molar-refractivity contribution in [3.05, 3.63) is 59.9 Å². The van der Waals surface area contributed by atoms with E-state index < -0.39 is 29.6 Å². The van der Waals surface area contributed by atoms with Gasteiger partial charge in [0.15, 0.2) is 5.76 Å². The number of carboxylic acid groups (broad SMARTS) is 1. The smallest absolute Gasteiger partial charge is 0.313 e. The third-order valence-electron chi connectivity index (χ3n) is 6.07. The summed E-state index contributed by atoms with van der Waals surface area (Å²) in [5.74, 6) is -9.64. The van der Waals surface area contributed by atoms with Crippen molar-refractivity contribution in [1.29, 1.82) is 0 Å². The van der Waals surface area contributed by atoms with Gasteiger partial charge in [0.1, 0.15) is 23.2 Å². The van der Waals surface area contributed by atoms with Gasteiger partial charge in [0.05, 0.1) is 29.0 Å². The van der Waals surface area contributed by atoms with Crippen LogP contribution in [-0.4, -0.2) is 53.0 Å². The second-order valence-corrected chi connectivity index (χ2v) is 8.57. The van der Waals surface area contributed by atoms with Crippen LogP contribution < -0.4 is 10.6 Å². The molecule has 1 aliphatic carbocycles. The van der Waals surface area contributed by atoms with Crippen LogP contribution in [0.5, 0.6) is 0 Å². The molecular formula is C24H20F2N8O4. The van der Waals surface area contributed by atoms with Gasteiger partial charge in [-0.25, -0.2) is 23.7 Å². The van der Waals surface area contributed by atoms with Gasteiger partial charge in [0.25, 0.3) is 5.92 Å². The fourth-order valence-corrected chi connectivity index (χ4v) is 3.97. The van der Waals surface area contributed by atoms with E-state index in [2.05, 4.69) is 40.7 Å². The number of carbonyl (C=O) groups is 2. The topological polar surface area (TPSA) is 169 Å². The monoisotopic (exact) mass is 522 g/mol. The standard InChI is InChI=1S/C24H20F2N8O4/c1-11-13(9-30-23-29-6-5-15(33-23)17-10-27-7-8-28-17)20(38-34-11)16-4-3-14(12(2)31-16)32-21(35)18-19(22(36)37)24(18,25)26/h3-8,10,18-19H,9H2,1-2H3,(H,32,35)(H,36,37)(H,29,30,33)/t18-,19-/m0/s1. The number of hydrogen-bond donors (Lipinski definition) is 3. The van der Waals surface area contributed by atoms with Gasteiger partial charge in [-0.2, -0.15) is 0 Å². The number of nitrogens with zero attached hydrogens (tertiary/aromatic N) is 6. The summed E-state index contributed by atoms with van der Waals surface area (Å²) in [5.41, 5.74) is 3.36. The molecule has 0 radical (unpaired) electrons. The highest BCUT2D eigenvalue weighted by molar-refractivity contribution is 6.00. The highest BCUT2D eigenvalue weighted by atomic mass is 19.3. The van der Waals surface area contributed by atoms with Crippen molar-refractivity contribution in [2.24, 2.45) is 11.8 Å². The molecule has 0 saturated heterocycles. The Kier molecular flexibility index (Phi) is 6.22. The van der Waals surface area contributed by atoms with Crippen LogP contribution in [0.4, 0.5) is 20.4 Å². The maximum absolute atomic E-state index is 13.7. The third kappa shape index (κ3) is 4.63. The molecule has 4 aromatic heterocycles. The summed E-state index contributed by atoms with van der Waals surface area (Å²) < 4.78 is 32.9. The zero-order valence-corrected chi connectivity index (χ0v) is 20.0. The SMILES string of the molecule is Cc1nc(-c2onc(C)c2CNc2nccc(-c3cnccn3)n2)ccc1NC(=O)[C@@H]1[C@@H](C(=O)O)C1(F)F. The lowest BCUT2D eigenvalue weighted by Gasteiger charge is -2.10. The van der Waals surface area contributed by atoms with E-state index >= 15 is 0 Å². The molecule has 1 fully saturated rings. The number of carbonyl (C=O) groups excluding carboxylic acids is 1. The number of amides is 1. The van der Waals surface area contributed by atoms with E-state index in [4.69, 9.17) is 9.63 Å². The molecule has 0 aromatic carbocycles. The molecule has 3 N–H and O–H groups in total. The summed E-state index contributed by atoms with van der Waals surface area (Å²) in [7, 11) is 0. The van der Waals surface area contributed by atoms with Crippen LogP contribution in [0.1, 0.15) is 17.0 Å². The molecule has 5 rings (SSSR count). The Morgan fingerprint density at radius 3 is 2.50 bits per heavy atom. The molecule has 14 heteroatoms. The van der Waals surface area contributed by atoms with Crippen molar-refractivity contribution in [3.63, 3.8) is 0 Å². The second kappa shape index (κ2) is 9.53. The summed E-state index contributed by atoms with van der Waals surface area (Å²) >= 11 is 0. The lowest BCUT2D eigenvalue weighted by atomic mass is 10.1. The molecule has 0 unspecified atom stereocenters. The van der Waals surface area contributed by atoms with Crippen LogP contribution in [0.3, 0.4) is 0 Å². The molecular weight excluding hydrogens is 502 g/mol. The number of aliphatic carboxylic acids is 1. The molecule has 194 valence electrons. The number of rotatable bonds is 8. The Hall–Kier alpha value is -4.88. The Bertz CT molecular complexity index is 1530. The first kappa shape index (κ1) is 24.8. The molecule has 4 heterocycles. The number of halogens is 2. The highest BCUT2D eigenvalue weighted by Crippen LogP contribution is 2.55. The number of anilines is 2. The minimum atomic E-state index is -3.59. The van der Waals surface area contributed by atoms with Crippen molar-refractivity contribution in [2.75, 3.05) is 10.6 Å².